The van der Waals surface area contributed by atoms with Gasteiger partial charge < -0.3 is 5.11 Å². The maximum Gasteiger partial charge on any atom is 0.148 e. The Morgan fingerprint density at radius 1 is 0.639 bits per heavy atom. The van der Waals surface area contributed by atoms with Crippen LogP contribution < -0.4 is 0 Å². The van der Waals surface area contributed by atoms with Crippen LogP contribution in [0.15, 0.2) is 158 Å². The molecule has 61 heavy (non-hydrogen) atoms. The summed E-state index contributed by atoms with van der Waals surface area (Å²) in [5.74, 6) is 0.352. The zero-order chi connectivity index (χ0) is 52.8. The number of pyridine rings is 1. The summed E-state index contributed by atoms with van der Waals surface area (Å²) in [4.78, 5) is 9.78. The topological polar surface area (TPSA) is 50.9 Å². The van der Waals surface area contributed by atoms with Crippen molar-refractivity contribution in [2.45, 2.75) is 53.7 Å². The summed E-state index contributed by atoms with van der Waals surface area (Å²) in [5, 5.41) is 11.9. The minimum atomic E-state index is -2.99. The van der Waals surface area contributed by atoms with Crippen LogP contribution in [0, 0.1) is 33.6 Å². The molecular weight excluding hydrogens is 926 g/mol. The van der Waals surface area contributed by atoms with Crippen LogP contribution in [0.4, 0.5) is 0 Å². The van der Waals surface area contributed by atoms with Crippen molar-refractivity contribution >= 4 is 11.0 Å². The third-order valence-corrected chi connectivity index (χ3v) is 10.7. The molecule has 1 N–H and O–H groups in total. The maximum absolute atomic E-state index is 11.9. The first kappa shape index (κ1) is 28.2. The SMILES string of the molecule is [2H]c1nc(-c2[c-]c(-c3cccc4c3nc(-c3cc(C)cc(C)c3O)n4-c3cc(-c4ccccc4)c(C([2H])([2H])[2H])cc3-c3ccccc3)cc(C(C)(C)C)c2)c([2H])c(-c2c([2H])c([2H])c(C([2H])([2H])[2H])c([2H])c2[2H])c1[2H].[Pt]. The van der Waals surface area contributed by atoms with Crippen molar-refractivity contribution in [3.05, 3.63) is 192 Å². The van der Waals surface area contributed by atoms with Crippen LogP contribution in [-0.2, 0) is 26.5 Å². The van der Waals surface area contributed by atoms with Gasteiger partial charge in [0.05, 0.1) is 31.9 Å². The van der Waals surface area contributed by atoms with Gasteiger partial charge in [-0.3, -0.25) is 9.55 Å². The molecule has 0 amide bonds. The van der Waals surface area contributed by atoms with E-state index >= 15 is 0 Å². The molecule has 4 nitrogen and oxygen atoms in total. The molecule has 0 bridgehead atoms. The molecule has 2 heterocycles. The van der Waals surface area contributed by atoms with E-state index < -0.39 is 78.2 Å². The number of nitrogens with zero attached hydrogens (tertiary/aromatic N) is 3. The number of benzene rings is 7. The quantitative estimate of drug-likeness (QED) is 0.162. The van der Waals surface area contributed by atoms with Gasteiger partial charge in [-0.25, -0.2) is 4.98 Å². The Hall–Kier alpha value is -6.35. The average molecular weight is 987 g/mol. The summed E-state index contributed by atoms with van der Waals surface area (Å²) < 4.78 is 114. The number of para-hydroxylation sites is 1. The Morgan fingerprint density at radius 3 is 2.03 bits per heavy atom. The number of phenols is 1. The van der Waals surface area contributed by atoms with Crippen molar-refractivity contribution in [2.75, 3.05) is 0 Å². The van der Waals surface area contributed by atoms with E-state index in [4.69, 9.17) is 21.4 Å². The molecule has 0 saturated carbocycles. The molecule has 0 spiro atoms. The summed E-state index contributed by atoms with van der Waals surface area (Å²) in [6, 6.07) is 34.4. The standard InChI is InChI=1S/C56H48N3O.Pt/c1-35-21-23-39(24-22-35)42-25-26-57-50(33-42)44-30-43(31-45(32-44)56(5,6)7)46-19-14-20-51-53(46)58-55(49-28-36(2)27-38(4)54(49)60)59(51)52-34-47(40-15-10-8-11-16-40)37(3)29-48(52)41-17-12-9-13-18-41;/h8-29,31-34,60H,1-7H3;/q-1;/i1D3,3D3,21D,22D,23D,24D,25D,26D,33D;. The molecule has 9 rings (SSSR count). The number of rotatable bonds is 7. The third kappa shape index (κ3) is 8.01. The van der Waals surface area contributed by atoms with Gasteiger partial charge in [0.15, 0.2) is 0 Å². The number of hydrogen-bond donors (Lipinski definition) is 1. The molecule has 0 atom stereocenters. The van der Waals surface area contributed by atoms with E-state index in [1.54, 1.807) is 12.1 Å². The van der Waals surface area contributed by atoms with E-state index in [-0.39, 0.29) is 43.6 Å². The summed E-state index contributed by atoms with van der Waals surface area (Å²) in [5.41, 5.74) is 5.72. The predicted octanol–water partition coefficient (Wildman–Crippen LogP) is 14.5. The number of fused-ring (bicyclic) bond motifs is 1. The van der Waals surface area contributed by atoms with Crippen molar-refractivity contribution < 1.29 is 44.0 Å². The molecule has 0 aliphatic rings. The van der Waals surface area contributed by atoms with Gasteiger partial charge in [-0.2, -0.15) is 0 Å². The Bertz CT molecular complexity index is 3670. The van der Waals surface area contributed by atoms with Gasteiger partial charge in [0.1, 0.15) is 11.6 Å². The summed E-state index contributed by atoms with van der Waals surface area (Å²) >= 11 is 0. The smallest absolute Gasteiger partial charge is 0.148 e. The van der Waals surface area contributed by atoms with E-state index in [2.05, 4.69) is 11.1 Å². The Balaban J connectivity index is 0.00000729. The second-order valence-electron chi connectivity index (χ2n) is 16.0. The van der Waals surface area contributed by atoms with E-state index in [1.807, 2.05) is 142 Å². The number of aromatic nitrogens is 3. The second-order valence-corrected chi connectivity index (χ2v) is 16.0. The zero-order valence-electron chi connectivity index (χ0n) is 47.1. The van der Waals surface area contributed by atoms with Crippen LogP contribution in [0.1, 0.15) is 66.4 Å². The van der Waals surface area contributed by atoms with E-state index in [0.29, 0.717) is 61.5 Å². The Labute approximate surface area is 392 Å². The molecule has 0 unspecified atom stereocenters. The van der Waals surface area contributed by atoms with Gasteiger partial charge in [-0.15, -0.1) is 29.3 Å². The number of aryl methyl sites for hydroxylation is 3. The van der Waals surface area contributed by atoms with Crippen LogP contribution >= 0.6 is 0 Å². The van der Waals surface area contributed by atoms with Crippen molar-refractivity contribution in [1.29, 1.82) is 0 Å². The van der Waals surface area contributed by atoms with Crippen molar-refractivity contribution in [3.63, 3.8) is 0 Å². The fourth-order valence-corrected chi connectivity index (χ4v) is 7.63. The molecule has 0 aliphatic carbocycles. The Morgan fingerprint density at radius 2 is 1.34 bits per heavy atom. The molecule has 0 aliphatic heterocycles. The minimum Gasteiger partial charge on any atom is -0.507 e. The van der Waals surface area contributed by atoms with Crippen molar-refractivity contribution in [3.8, 4) is 78.6 Å². The van der Waals surface area contributed by atoms with Gasteiger partial charge in [0, 0.05) is 46.7 Å². The number of aromatic hydroxyl groups is 1. The fraction of sp³-hybridized carbons (Fsp3) is 0.143. The average Bonchev–Trinajstić information content (AvgIpc) is 3.73. The summed E-state index contributed by atoms with van der Waals surface area (Å²) in [6.07, 6.45) is -0.624. The van der Waals surface area contributed by atoms with Gasteiger partial charge in [-0.05, 0) is 108 Å². The van der Waals surface area contributed by atoms with Gasteiger partial charge in [-0.1, -0.05) is 147 Å². The van der Waals surface area contributed by atoms with Gasteiger partial charge in [0.25, 0.3) is 0 Å². The van der Waals surface area contributed by atoms with Gasteiger partial charge in [0.2, 0.25) is 0 Å². The van der Waals surface area contributed by atoms with Crippen LogP contribution in [0.3, 0.4) is 0 Å². The third-order valence-electron chi connectivity index (χ3n) is 10.7. The van der Waals surface area contributed by atoms with Crippen LogP contribution in [0.2, 0.25) is 0 Å². The molecule has 5 heteroatoms. The zero-order valence-corrected chi connectivity index (χ0v) is 36.3. The molecule has 2 aromatic heterocycles. The number of phenolic OH excluding ortho intramolecular Hbond substituents is 1. The van der Waals surface area contributed by atoms with E-state index in [9.17, 15) is 6.48 Å². The molecule has 0 radical (unpaired) electrons. The van der Waals surface area contributed by atoms with E-state index in [0.717, 1.165) is 16.7 Å². The van der Waals surface area contributed by atoms with E-state index in [1.165, 1.54) is 0 Å². The largest absolute Gasteiger partial charge is 0.507 e. The second kappa shape index (κ2) is 16.6. The van der Waals surface area contributed by atoms with Gasteiger partial charge >= 0.3 is 0 Å². The van der Waals surface area contributed by atoms with Crippen LogP contribution in [0.5, 0.6) is 5.75 Å². The first-order valence-electron chi connectivity index (χ1n) is 26.1. The van der Waals surface area contributed by atoms with Crippen LogP contribution in [-0.4, -0.2) is 19.6 Å². The molecule has 7 aromatic carbocycles. The summed E-state index contributed by atoms with van der Waals surface area (Å²) in [6.45, 7) is 4.20. The molecular formula is C56H48N3OPt-. The molecule has 9 aromatic rings. The van der Waals surface area contributed by atoms with Crippen molar-refractivity contribution in [2.24, 2.45) is 0 Å². The summed E-state index contributed by atoms with van der Waals surface area (Å²) in [7, 11) is 0. The molecule has 304 valence electrons. The maximum atomic E-state index is 11.9. The normalized spacial score (nSPS) is 14.9. The number of imidazole rings is 1. The van der Waals surface area contributed by atoms with Crippen LogP contribution in [0.25, 0.3) is 83.9 Å². The first-order valence-corrected chi connectivity index (χ1v) is 19.6. The number of hydrogen-bond acceptors (Lipinski definition) is 3. The minimum absolute atomic E-state index is 0. The fourth-order valence-electron chi connectivity index (χ4n) is 7.63. The monoisotopic (exact) mass is 986 g/mol. The predicted molar refractivity (Wildman–Crippen MR) is 250 cm³/mol. The van der Waals surface area contributed by atoms with Crippen molar-refractivity contribution in [1.82, 2.24) is 14.5 Å². The Kier molecular flexibility index (Phi) is 7.68. The molecule has 0 fully saturated rings. The first-order chi connectivity index (χ1) is 34.3. The molecule has 0 saturated heterocycles.